The minimum absolute atomic E-state index is 0.104. The van der Waals surface area contributed by atoms with Gasteiger partial charge in [-0.05, 0) is 0 Å². The van der Waals surface area contributed by atoms with Crippen LogP contribution in [0.15, 0.2) is 0 Å². The molecule has 0 aromatic heterocycles. The van der Waals surface area contributed by atoms with E-state index in [2.05, 4.69) is 6.55 Å². The number of hydrogen-bond acceptors (Lipinski definition) is 6. The molecule has 0 saturated heterocycles. The summed E-state index contributed by atoms with van der Waals surface area (Å²) in [7, 11) is 8.67. The zero-order valence-electron chi connectivity index (χ0n) is 24.4. The summed E-state index contributed by atoms with van der Waals surface area (Å²) < 4.78 is 32.3. The molecule has 0 N–H and O–H groups in total. The summed E-state index contributed by atoms with van der Waals surface area (Å²) >= 11 is 0. The number of unbranched alkanes of at least 4 members (excludes halogenated alkanes) is 6. The van der Waals surface area contributed by atoms with Crippen molar-refractivity contribution >= 4 is 36.6 Å². The topological polar surface area (TPSA) is 55.4 Å². The average molecular weight is 569 g/mol. The van der Waals surface area contributed by atoms with Crippen LogP contribution >= 0.6 is 0 Å². The Hall–Kier alpha value is 0.628. The Morgan fingerprint density at radius 2 is 0.686 bits per heavy atom. The van der Waals surface area contributed by atoms with Gasteiger partial charge in [-0.25, -0.2) is 0 Å². The third-order valence-electron chi connectivity index (χ3n) is 7.49. The monoisotopic (exact) mass is 568 g/mol. The van der Waals surface area contributed by atoms with Crippen molar-refractivity contribution < 1.29 is 28.4 Å². The molecular weight excluding hydrogens is 509 g/mol. The predicted molar refractivity (Wildman–Crippen MR) is 161 cm³/mol. The molecule has 0 radical (unpaired) electrons. The highest BCUT2D eigenvalue weighted by atomic mass is 28.3. The van der Waals surface area contributed by atoms with Crippen molar-refractivity contribution in [2.75, 3.05) is 42.7 Å². The standard InChI is InChI=1S/C25H60O6Si4/c1-26-23(27-2)32-17-11-8-14-20-35(7,21-15-9-12-18-33-24(28-3)29-4)22-16-10-13-19-34-25(30-5)31-6/h23-25H,8-22,32-34H2,1-7H3. The van der Waals surface area contributed by atoms with Gasteiger partial charge >= 0.3 is 0 Å². The summed E-state index contributed by atoms with van der Waals surface area (Å²) in [5, 5.41) is 0. The first-order chi connectivity index (χ1) is 17.0. The first-order valence-electron chi connectivity index (χ1n) is 14.1. The molecule has 0 fully saturated rings. The second-order valence-corrected chi connectivity index (χ2v) is 21.3. The van der Waals surface area contributed by atoms with Crippen molar-refractivity contribution in [3.63, 3.8) is 0 Å². The third-order valence-corrected chi connectivity index (χ3v) is 18.3. The Kier molecular flexibility index (Phi) is 25.4. The minimum Gasteiger partial charge on any atom is -0.360 e. The van der Waals surface area contributed by atoms with Gasteiger partial charge < -0.3 is 28.4 Å². The predicted octanol–water partition coefficient (Wildman–Crippen LogP) is 4.07. The molecule has 0 aromatic rings. The van der Waals surface area contributed by atoms with E-state index in [1.807, 2.05) is 0 Å². The van der Waals surface area contributed by atoms with Crippen molar-refractivity contribution in [1.29, 1.82) is 0 Å². The minimum atomic E-state index is -1.15. The van der Waals surface area contributed by atoms with Gasteiger partial charge in [-0.1, -0.05) is 101 Å². The van der Waals surface area contributed by atoms with Crippen LogP contribution in [0.4, 0.5) is 0 Å². The molecule has 0 heterocycles. The lowest BCUT2D eigenvalue weighted by Gasteiger charge is -2.28. The maximum absolute atomic E-state index is 5.38. The zero-order chi connectivity index (χ0) is 26.2. The Balaban J connectivity index is 4.31. The first-order valence-corrected chi connectivity index (χ1v) is 22.7. The van der Waals surface area contributed by atoms with Crippen LogP contribution in [0.5, 0.6) is 0 Å². The molecule has 212 valence electrons. The van der Waals surface area contributed by atoms with Crippen LogP contribution in [0.2, 0.25) is 42.8 Å². The van der Waals surface area contributed by atoms with Crippen molar-refractivity contribution in [3.05, 3.63) is 0 Å². The van der Waals surface area contributed by atoms with Gasteiger partial charge in [0.2, 0.25) is 0 Å². The van der Waals surface area contributed by atoms with Crippen molar-refractivity contribution in [2.24, 2.45) is 0 Å². The van der Waals surface area contributed by atoms with E-state index in [4.69, 9.17) is 28.4 Å². The summed E-state index contributed by atoms with van der Waals surface area (Å²) in [5.74, 6) is 0.311. The molecule has 0 spiro atoms. The fourth-order valence-corrected chi connectivity index (χ4v) is 13.4. The highest BCUT2D eigenvalue weighted by Gasteiger charge is 2.25. The largest absolute Gasteiger partial charge is 0.360 e. The number of hydrogen-bond donors (Lipinski definition) is 0. The highest BCUT2D eigenvalue weighted by Crippen LogP contribution is 2.29. The van der Waals surface area contributed by atoms with Gasteiger partial charge in [0.15, 0.2) is 0 Å². The fourth-order valence-electron chi connectivity index (χ4n) is 5.02. The van der Waals surface area contributed by atoms with E-state index in [1.54, 1.807) is 42.7 Å². The second-order valence-electron chi connectivity index (χ2n) is 10.4. The van der Waals surface area contributed by atoms with E-state index in [-0.39, 0.29) is 46.3 Å². The van der Waals surface area contributed by atoms with Gasteiger partial charge in [0, 0.05) is 42.7 Å². The maximum Gasteiger partial charge on any atom is 0.134 e. The summed E-state index contributed by atoms with van der Waals surface area (Å²) in [6.07, 6.45) is 12.5. The first kappa shape index (κ1) is 35.6. The van der Waals surface area contributed by atoms with E-state index in [0.717, 1.165) is 0 Å². The Labute approximate surface area is 225 Å². The van der Waals surface area contributed by atoms with Gasteiger partial charge in [0.25, 0.3) is 0 Å². The number of methoxy groups -OCH3 is 6. The molecule has 0 aliphatic rings. The second kappa shape index (κ2) is 24.9. The maximum atomic E-state index is 5.38. The Morgan fingerprint density at radius 1 is 0.429 bits per heavy atom. The number of rotatable bonds is 27. The van der Waals surface area contributed by atoms with Gasteiger partial charge in [-0.2, -0.15) is 0 Å². The lowest BCUT2D eigenvalue weighted by molar-refractivity contribution is -0.0442. The van der Waals surface area contributed by atoms with Gasteiger partial charge in [0.1, 0.15) is 17.7 Å². The summed E-state index contributed by atoms with van der Waals surface area (Å²) in [5.41, 5.74) is 0. The van der Waals surface area contributed by atoms with E-state index >= 15 is 0 Å². The molecule has 35 heavy (non-hydrogen) atoms. The van der Waals surface area contributed by atoms with Crippen LogP contribution in [0.3, 0.4) is 0 Å². The van der Waals surface area contributed by atoms with E-state index in [0.29, 0.717) is 0 Å². The zero-order valence-corrected chi connectivity index (χ0v) is 29.7. The molecular formula is C25H60O6Si4. The van der Waals surface area contributed by atoms with Gasteiger partial charge in [-0.3, -0.25) is 0 Å². The molecule has 0 saturated carbocycles. The van der Waals surface area contributed by atoms with Crippen LogP contribution in [0.25, 0.3) is 0 Å². The molecule has 0 aromatic carbocycles. The van der Waals surface area contributed by atoms with Crippen LogP contribution in [0.1, 0.15) is 57.8 Å². The Bertz CT molecular complexity index is 378. The Morgan fingerprint density at radius 3 is 0.914 bits per heavy atom. The van der Waals surface area contributed by atoms with Crippen molar-refractivity contribution in [1.82, 2.24) is 0 Å². The van der Waals surface area contributed by atoms with Crippen LogP contribution in [0, 0.1) is 0 Å². The normalized spacial score (nSPS) is 14.9. The van der Waals surface area contributed by atoms with E-state index < -0.39 is 8.07 Å². The smallest absolute Gasteiger partial charge is 0.134 e. The molecule has 0 atom stereocenters. The molecule has 0 unspecified atom stereocenters. The van der Waals surface area contributed by atoms with Crippen LogP contribution in [-0.4, -0.2) is 97.0 Å². The fraction of sp³-hybridized carbons (Fsp3) is 1.00. The quantitative estimate of drug-likeness (QED) is 0.0846. The van der Waals surface area contributed by atoms with Crippen molar-refractivity contribution in [3.8, 4) is 0 Å². The molecule has 0 rings (SSSR count). The van der Waals surface area contributed by atoms with Crippen LogP contribution in [-0.2, 0) is 28.4 Å². The highest BCUT2D eigenvalue weighted by molar-refractivity contribution is 6.78. The molecule has 10 heteroatoms. The van der Waals surface area contributed by atoms with E-state index in [1.165, 1.54) is 94.1 Å². The molecule has 0 bridgehead atoms. The molecule has 6 nitrogen and oxygen atoms in total. The van der Waals surface area contributed by atoms with E-state index in [9.17, 15) is 0 Å². The molecule has 0 amide bonds. The summed E-state index contributed by atoms with van der Waals surface area (Å²) in [6.45, 7) is 2.70. The lowest BCUT2D eigenvalue weighted by atomic mass is 10.3. The molecule has 0 aliphatic carbocycles. The van der Waals surface area contributed by atoms with Crippen molar-refractivity contribution in [2.45, 2.75) is 118 Å². The summed E-state index contributed by atoms with van der Waals surface area (Å²) in [4.78, 5) is 0. The van der Waals surface area contributed by atoms with Gasteiger partial charge in [-0.15, -0.1) is 0 Å². The lowest BCUT2D eigenvalue weighted by Crippen LogP contribution is -2.29. The number of ether oxygens (including phenoxy) is 6. The average Bonchev–Trinajstić information content (AvgIpc) is 2.87. The van der Waals surface area contributed by atoms with Gasteiger partial charge in [0.05, 0.1) is 36.6 Å². The molecule has 0 aliphatic heterocycles. The van der Waals surface area contributed by atoms with Crippen LogP contribution < -0.4 is 0 Å². The third kappa shape index (κ3) is 20.3. The summed E-state index contributed by atoms with van der Waals surface area (Å²) in [6, 6.07) is 8.56. The SMILES string of the molecule is COC(OC)[SiH2]CCCCC[Si](C)(CCCCC[SiH2]C(OC)OC)CCCCC[SiH2]C(OC)OC.